The fourth-order valence-corrected chi connectivity index (χ4v) is 8.18. The molecule has 240 valence electrons. The van der Waals surface area contributed by atoms with Gasteiger partial charge in [0.05, 0.1) is 18.1 Å². The number of ether oxygens (including phenoxy) is 6. The molecule has 13 nitrogen and oxygen atoms in total. The van der Waals surface area contributed by atoms with Gasteiger partial charge in [-0.25, -0.2) is 0 Å². The molecule has 0 aromatic heterocycles. The monoisotopic (exact) mass is 610 g/mol. The first-order valence-electron chi connectivity index (χ1n) is 14.3. The van der Waals surface area contributed by atoms with Gasteiger partial charge in [0.2, 0.25) is 0 Å². The van der Waals surface area contributed by atoms with Crippen molar-refractivity contribution < 1.29 is 62.6 Å². The van der Waals surface area contributed by atoms with Gasteiger partial charge in [0.15, 0.2) is 12.2 Å². The molecule has 1 aliphatic heterocycles. The van der Waals surface area contributed by atoms with E-state index in [0.29, 0.717) is 5.57 Å². The fraction of sp³-hybridized carbons (Fsp3) is 0.767. The quantitative estimate of drug-likeness (QED) is 0.258. The summed E-state index contributed by atoms with van der Waals surface area (Å²) in [5, 5.41) is 25.2. The number of fused-ring (bicyclic) bond motifs is 5. The summed E-state index contributed by atoms with van der Waals surface area (Å²) in [5.41, 5.74) is -6.20. The van der Waals surface area contributed by atoms with Crippen molar-refractivity contribution in [1.82, 2.24) is 0 Å². The second-order valence-electron chi connectivity index (χ2n) is 13.0. The first-order valence-corrected chi connectivity index (χ1v) is 14.3. The van der Waals surface area contributed by atoms with E-state index < -0.39 is 94.4 Å². The highest BCUT2D eigenvalue weighted by atomic mass is 16.6. The topological polar surface area (TPSA) is 181 Å². The number of rotatable bonds is 5. The standard InChI is InChI=1S/C30H42O13/c1-13-19(39-14(2)31)11-30(37)26(43-18(6)35)24-28(9,20(40-15(3)32)10-21-29(24,36)12-38-21)25(42-17(5)34)23(41-16(4)33)22(13)27(30,7)8/h19-21,23-26,36-37H,10-12H2,1-9H3/t19-,20-,21+,23+,24-,25-,26-,28+,29-,30+/m0/s1. The summed E-state index contributed by atoms with van der Waals surface area (Å²) in [4.78, 5) is 63.0. The summed E-state index contributed by atoms with van der Waals surface area (Å²) in [6.45, 7) is 12.2. The van der Waals surface area contributed by atoms with Gasteiger partial charge in [0.25, 0.3) is 0 Å². The van der Waals surface area contributed by atoms with Gasteiger partial charge >= 0.3 is 29.8 Å². The van der Waals surface area contributed by atoms with Crippen LogP contribution >= 0.6 is 0 Å². The number of aliphatic hydroxyl groups is 2. The van der Waals surface area contributed by atoms with E-state index in [-0.39, 0.29) is 25.0 Å². The number of hydrogen-bond acceptors (Lipinski definition) is 13. The van der Waals surface area contributed by atoms with Gasteiger partial charge in [0, 0.05) is 58.8 Å². The highest BCUT2D eigenvalue weighted by Crippen LogP contribution is 2.65. The second-order valence-corrected chi connectivity index (χ2v) is 13.0. The third-order valence-electron chi connectivity index (χ3n) is 10.0. The van der Waals surface area contributed by atoms with E-state index >= 15 is 0 Å². The van der Waals surface area contributed by atoms with Crippen LogP contribution in [0.15, 0.2) is 11.1 Å². The van der Waals surface area contributed by atoms with Crippen LogP contribution in [0.25, 0.3) is 0 Å². The Morgan fingerprint density at radius 1 is 0.767 bits per heavy atom. The van der Waals surface area contributed by atoms with E-state index in [2.05, 4.69) is 0 Å². The SMILES string of the molecule is CC(=O)O[C@H]1C[C@@]2(O)[C@@H](OC(C)=O)[C@@H]3[C@]4(O)CO[C@@H]4C[C@H](OC(C)=O)[C@@]3(C)[C@@H](OC(C)=O)[C@H](OC(C)=O)C(=C1C)C2(C)C. The van der Waals surface area contributed by atoms with Crippen LogP contribution in [0.4, 0.5) is 0 Å². The summed E-state index contributed by atoms with van der Waals surface area (Å²) in [7, 11) is 0. The molecular weight excluding hydrogens is 568 g/mol. The maximum Gasteiger partial charge on any atom is 0.303 e. The van der Waals surface area contributed by atoms with Crippen LogP contribution in [0.1, 0.15) is 75.2 Å². The van der Waals surface area contributed by atoms with E-state index in [1.54, 1.807) is 27.7 Å². The molecule has 13 heteroatoms. The van der Waals surface area contributed by atoms with Crippen LogP contribution < -0.4 is 0 Å². The minimum absolute atomic E-state index is 0.0314. The zero-order valence-corrected chi connectivity index (χ0v) is 26.0. The van der Waals surface area contributed by atoms with Crippen molar-refractivity contribution in [3.8, 4) is 0 Å². The van der Waals surface area contributed by atoms with Crippen LogP contribution in [0.5, 0.6) is 0 Å². The number of carbonyl (C=O) groups is 5. The summed E-state index contributed by atoms with van der Waals surface area (Å²) in [6, 6.07) is 0. The Hall–Kier alpha value is -3.03. The lowest BCUT2D eigenvalue weighted by molar-refractivity contribution is -0.365. The Kier molecular flexibility index (Phi) is 8.29. The van der Waals surface area contributed by atoms with Crippen LogP contribution in [-0.2, 0) is 52.4 Å². The lowest BCUT2D eigenvalue weighted by Gasteiger charge is -2.68. The first kappa shape index (κ1) is 32.9. The molecule has 1 saturated heterocycles. The van der Waals surface area contributed by atoms with E-state index in [0.717, 1.165) is 13.8 Å². The van der Waals surface area contributed by atoms with Crippen LogP contribution in [0, 0.1) is 16.7 Å². The van der Waals surface area contributed by atoms with Crippen LogP contribution in [0.2, 0.25) is 0 Å². The molecule has 4 rings (SSSR count). The Labute approximate surface area is 250 Å². The van der Waals surface area contributed by atoms with Crippen molar-refractivity contribution in [2.24, 2.45) is 16.7 Å². The molecule has 0 aromatic rings. The molecular formula is C30H42O13. The molecule has 0 spiro atoms. The number of carbonyl (C=O) groups excluding carboxylic acids is 5. The molecule has 0 unspecified atom stereocenters. The van der Waals surface area contributed by atoms with Crippen molar-refractivity contribution in [2.75, 3.05) is 6.61 Å². The fourth-order valence-electron chi connectivity index (χ4n) is 8.18. The minimum Gasteiger partial charge on any atom is -0.462 e. The molecule has 2 saturated carbocycles. The molecule has 2 bridgehead atoms. The normalized spacial score (nSPS) is 41.1. The Bertz CT molecular complexity index is 1250. The predicted octanol–water partition coefficient (Wildman–Crippen LogP) is 1.29. The van der Waals surface area contributed by atoms with Gasteiger partial charge in [0.1, 0.15) is 29.5 Å². The highest BCUT2D eigenvalue weighted by Gasteiger charge is 2.78. The molecule has 0 aromatic carbocycles. The van der Waals surface area contributed by atoms with Crippen molar-refractivity contribution in [3.63, 3.8) is 0 Å². The molecule has 1 heterocycles. The molecule has 3 aliphatic carbocycles. The van der Waals surface area contributed by atoms with E-state index in [1.165, 1.54) is 20.8 Å². The summed E-state index contributed by atoms with van der Waals surface area (Å²) in [5.74, 6) is -4.97. The molecule has 10 atom stereocenters. The predicted molar refractivity (Wildman–Crippen MR) is 145 cm³/mol. The maximum absolute atomic E-state index is 12.9. The molecule has 2 N–H and O–H groups in total. The van der Waals surface area contributed by atoms with Gasteiger partial charge in [-0.05, 0) is 18.1 Å². The van der Waals surface area contributed by atoms with Gasteiger partial charge < -0.3 is 38.6 Å². The molecule has 0 radical (unpaired) electrons. The molecule has 0 amide bonds. The average Bonchev–Trinajstić information content (AvgIpc) is 2.84. The highest BCUT2D eigenvalue weighted by molar-refractivity contribution is 5.70. The summed E-state index contributed by atoms with van der Waals surface area (Å²) >= 11 is 0. The zero-order valence-electron chi connectivity index (χ0n) is 26.0. The van der Waals surface area contributed by atoms with Crippen molar-refractivity contribution in [2.45, 2.75) is 123 Å². The van der Waals surface area contributed by atoms with Gasteiger partial charge in [-0.1, -0.05) is 20.8 Å². The summed E-state index contributed by atoms with van der Waals surface area (Å²) in [6.07, 6.45) is -7.80. The Morgan fingerprint density at radius 3 is 1.74 bits per heavy atom. The third-order valence-corrected chi connectivity index (χ3v) is 10.0. The summed E-state index contributed by atoms with van der Waals surface area (Å²) < 4.78 is 35.1. The molecule has 43 heavy (non-hydrogen) atoms. The van der Waals surface area contributed by atoms with Gasteiger partial charge in [-0.2, -0.15) is 0 Å². The smallest absolute Gasteiger partial charge is 0.303 e. The molecule has 3 fully saturated rings. The average molecular weight is 611 g/mol. The van der Waals surface area contributed by atoms with Crippen molar-refractivity contribution in [1.29, 1.82) is 0 Å². The van der Waals surface area contributed by atoms with Crippen LogP contribution in [0.3, 0.4) is 0 Å². The lowest BCUT2D eigenvalue weighted by atomic mass is 9.44. The third kappa shape index (κ3) is 5.02. The largest absolute Gasteiger partial charge is 0.462 e. The van der Waals surface area contributed by atoms with Crippen molar-refractivity contribution in [3.05, 3.63) is 11.1 Å². The second kappa shape index (κ2) is 10.8. The van der Waals surface area contributed by atoms with Gasteiger partial charge in [-0.3, -0.25) is 24.0 Å². The van der Waals surface area contributed by atoms with Crippen LogP contribution in [-0.4, -0.2) is 94.5 Å². The first-order chi connectivity index (χ1) is 19.7. The van der Waals surface area contributed by atoms with Crippen molar-refractivity contribution >= 4 is 29.8 Å². The number of hydrogen-bond donors (Lipinski definition) is 2. The minimum atomic E-state index is -2.08. The molecule has 4 aliphatic rings. The van der Waals surface area contributed by atoms with E-state index in [4.69, 9.17) is 28.4 Å². The Balaban J connectivity index is 2.18. The number of esters is 5. The lowest BCUT2D eigenvalue weighted by Crippen LogP contribution is -2.82. The van der Waals surface area contributed by atoms with Gasteiger partial charge in [-0.15, -0.1) is 0 Å². The van der Waals surface area contributed by atoms with E-state index in [9.17, 15) is 34.2 Å². The van der Waals surface area contributed by atoms with E-state index in [1.807, 2.05) is 0 Å². The maximum atomic E-state index is 12.9. The Morgan fingerprint density at radius 2 is 1.28 bits per heavy atom. The zero-order chi connectivity index (χ0) is 32.4.